The Hall–Kier alpha value is -1.98. The number of aromatic nitrogens is 1. The molecule has 1 heterocycles. The highest BCUT2D eigenvalue weighted by Crippen LogP contribution is 2.32. The van der Waals surface area contributed by atoms with Crippen LogP contribution in [0.4, 0.5) is 8.78 Å². The van der Waals surface area contributed by atoms with Gasteiger partial charge in [0.05, 0.1) is 21.9 Å². The summed E-state index contributed by atoms with van der Waals surface area (Å²) in [4.78, 5) is 13.2. The Morgan fingerprint density at radius 2 is 1.80 bits per heavy atom. The number of thioether (sulfide) groups is 2. The van der Waals surface area contributed by atoms with Crippen LogP contribution in [-0.2, 0) is 19.4 Å². The van der Waals surface area contributed by atoms with Crippen molar-refractivity contribution in [2.75, 3.05) is 19.1 Å². The van der Waals surface area contributed by atoms with Crippen molar-refractivity contribution in [1.82, 2.24) is 15.0 Å². The minimum absolute atomic E-state index is 0.0648. The van der Waals surface area contributed by atoms with Crippen molar-refractivity contribution < 1.29 is 18.7 Å². The first-order chi connectivity index (χ1) is 16.8. The number of amides is 1. The Morgan fingerprint density at radius 1 is 1.09 bits per heavy atom. The highest BCUT2D eigenvalue weighted by molar-refractivity contribution is 8.01. The second-order valence-electron chi connectivity index (χ2n) is 7.99. The average molecular weight is 538 g/mol. The minimum Gasteiger partial charge on any atom is -0.390 e. The van der Waals surface area contributed by atoms with Crippen LogP contribution in [0.2, 0.25) is 0 Å². The molecule has 0 fully saturated rings. The molecule has 0 aliphatic rings. The highest BCUT2D eigenvalue weighted by atomic mass is 32.2. The first-order valence-electron chi connectivity index (χ1n) is 11.1. The van der Waals surface area contributed by atoms with Gasteiger partial charge < -0.3 is 15.7 Å². The lowest BCUT2D eigenvalue weighted by Crippen LogP contribution is -2.48. The highest BCUT2D eigenvalue weighted by Gasteiger charge is 2.27. The number of rotatable bonds is 12. The molecular weight excluding hydrogens is 508 g/mol. The Morgan fingerprint density at radius 3 is 2.46 bits per heavy atom. The number of halogens is 2. The number of benzene rings is 2. The zero-order chi connectivity index (χ0) is 25.4. The van der Waals surface area contributed by atoms with Crippen molar-refractivity contribution in [1.29, 1.82) is 0 Å². The molecule has 188 valence electrons. The van der Waals surface area contributed by atoms with E-state index < -0.39 is 23.8 Å². The fourth-order valence-electron chi connectivity index (χ4n) is 3.70. The first-order valence-corrected chi connectivity index (χ1v) is 14.4. The lowest BCUT2D eigenvalue weighted by molar-refractivity contribution is 0.0825. The van der Waals surface area contributed by atoms with Gasteiger partial charge in [0.2, 0.25) is 0 Å². The van der Waals surface area contributed by atoms with Gasteiger partial charge in [-0.3, -0.25) is 4.79 Å². The number of hydrogen-bond acceptors (Lipinski definition) is 7. The van der Waals surface area contributed by atoms with E-state index in [1.54, 1.807) is 0 Å². The zero-order valence-corrected chi connectivity index (χ0v) is 22.3. The quantitative estimate of drug-likeness (QED) is 0.285. The van der Waals surface area contributed by atoms with E-state index in [1.165, 1.54) is 52.8 Å². The zero-order valence-electron chi connectivity index (χ0n) is 19.8. The molecule has 2 aromatic carbocycles. The third kappa shape index (κ3) is 7.75. The van der Waals surface area contributed by atoms with Crippen LogP contribution in [0.3, 0.4) is 0 Å². The van der Waals surface area contributed by atoms with Crippen LogP contribution in [0.5, 0.6) is 0 Å². The number of aryl methyl sites for hydroxylation is 1. The Kier molecular flexibility index (Phi) is 10.5. The standard InChI is InChI=1S/C25H29F2N3O2S3/c1-4-15-6-5-7-16(8-15)13-28-14-21(31)20(11-17-9-18(26)12-19(27)10-17)29-23(32)22-24(33-2)30-35-25(22)34-3/h5-10,12,20-21,28,31H,4,11,13-14H2,1-3H3,(H,29,32)/t20-,21-/m0/s1. The van der Waals surface area contributed by atoms with Crippen molar-refractivity contribution in [2.24, 2.45) is 0 Å². The van der Waals surface area contributed by atoms with Gasteiger partial charge in [-0.05, 0) is 65.7 Å². The van der Waals surface area contributed by atoms with Gasteiger partial charge in [0, 0.05) is 19.2 Å². The summed E-state index contributed by atoms with van der Waals surface area (Å²) in [6.45, 7) is 2.82. The van der Waals surface area contributed by atoms with E-state index in [2.05, 4.69) is 34.1 Å². The predicted molar refractivity (Wildman–Crippen MR) is 141 cm³/mol. The molecule has 3 N–H and O–H groups in total. The van der Waals surface area contributed by atoms with E-state index in [-0.39, 0.29) is 18.9 Å². The number of hydrogen-bond donors (Lipinski definition) is 3. The summed E-state index contributed by atoms with van der Waals surface area (Å²) in [5.74, 6) is -1.78. The van der Waals surface area contributed by atoms with Crippen LogP contribution in [0.15, 0.2) is 51.7 Å². The van der Waals surface area contributed by atoms with Gasteiger partial charge in [0.15, 0.2) is 0 Å². The van der Waals surface area contributed by atoms with Crippen molar-refractivity contribution in [3.05, 3.63) is 76.4 Å². The van der Waals surface area contributed by atoms with E-state index in [4.69, 9.17) is 0 Å². The maximum atomic E-state index is 13.8. The first kappa shape index (κ1) is 27.6. The molecule has 0 saturated heterocycles. The number of carbonyl (C=O) groups excluding carboxylic acids is 1. The minimum atomic E-state index is -0.998. The molecule has 0 saturated carbocycles. The summed E-state index contributed by atoms with van der Waals surface area (Å²) in [5.41, 5.74) is 3.12. The molecule has 3 aromatic rings. The maximum Gasteiger partial charge on any atom is 0.256 e. The number of aliphatic hydroxyl groups excluding tert-OH is 1. The van der Waals surface area contributed by atoms with Crippen molar-refractivity contribution >= 4 is 41.0 Å². The molecule has 2 atom stereocenters. The second-order valence-corrected chi connectivity index (χ2v) is 10.6. The van der Waals surface area contributed by atoms with Crippen LogP contribution in [0, 0.1) is 11.6 Å². The van der Waals surface area contributed by atoms with Crippen LogP contribution < -0.4 is 10.6 Å². The average Bonchev–Trinajstić information content (AvgIpc) is 3.26. The van der Waals surface area contributed by atoms with Gasteiger partial charge in [-0.15, -0.1) is 23.5 Å². The maximum absolute atomic E-state index is 13.8. The van der Waals surface area contributed by atoms with E-state index in [9.17, 15) is 18.7 Å². The van der Waals surface area contributed by atoms with Crippen molar-refractivity contribution in [3.63, 3.8) is 0 Å². The monoisotopic (exact) mass is 537 g/mol. The Labute approximate surface area is 217 Å². The molecule has 0 spiro atoms. The van der Waals surface area contributed by atoms with Crippen molar-refractivity contribution in [3.8, 4) is 0 Å². The van der Waals surface area contributed by atoms with Crippen LogP contribution in [0.25, 0.3) is 0 Å². The van der Waals surface area contributed by atoms with Gasteiger partial charge in [-0.2, -0.15) is 4.37 Å². The van der Waals surface area contributed by atoms with E-state index in [1.807, 2.05) is 24.6 Å². The van der Waals surface area contributed by atoms with Crippen LogP contribution in [-0.4, -0.2) is 46.6 Å². The normalized spacial score (nSPS) is 13.0. The molecule has 1 aromatic heterocycles. The molecule has 10 heteroatoms. The lowest BCUT2D eigenvalue weighted by Gasteiger charge is -2.25. The molecular formula is C25H29F2N3O2S3. The van der Waals surface area contributed by atoms with Gasteiger partial charge in [0.1, 0.15) is 16.7 Å². The number of aliphatic hydroxyl groups is 1. The van der Waals surface area contributed by atoms with E-state index in [0.29, 0.717) is 22.7 Å². The topological polar surface area (TPSA) is 74.2 Å². The summed E-state index contributed by atoms with van der Waals surface area (Å²) in [6.07, 6.45) is 3.71. The largest absolute Gasteiger partial charge is 0.390 e. The Balaban J connectivity index is 1.76. The summed E-state index contributed by atoms with van der Waals surface area (Å²) in [5, 5.41) is 17.7. The molecule has 3 rings (SSSR count). The summed E-state index contributed by atoms with van der Waals surface area (Å²) in [7, 11) is 0. The summed E-state index contributed by atoms with van der Waals surface area (Å²) >= 11 is 4.04. The van der Waals surface area contributed by atoms with Crippen LogP contribution >= 0.6 is 35.1 Å². The third-order valence-corrected chi connectivity index (χ3v) is 8.22. The second kappa shape index (κ2) is 13.4. The van der Waals surface area contributed by atoms with E-state index >= 15 is 0 Å². The van der Waals surface area contributed by atoms with Gasteiger partial charge >= 0.3 is 0 Å². The third-order valence-electron chi connectivity index (χ3n) is 5.48. The molecule has 0 radical (unpaired) electrons. The molecule has 1 amide bonds. The Bertz CT molecular complexity index is 1100. The molecule has 35 heavy (non-hydrogen) atoms. The fourth-order valence-corrected chi connectivity index (χ4v) is 5.98. The van der Waals surface area contributed by atoms with Gasteiger partial charge in [-0.1, -0.05) is 31.2 Å². The molecule has 0 aliphatic heterocycles. The van der Waals surface area contributed by atoms with Gasteiger partial charge in [-0.25, -0.2) is 8.78 Å². The number of carbonyl (C=O) groups is 1. The fraction of sp³-hybridized carbons (Fsp3) is 0.360. The summed E-state index contributed by atoms with van der Waals surface area (Å²) in [6, 6.07) is 10.6. The molecule has 0 aliphatic carbocycles. The van der Waals surface area contributed by atoms with Gasteiger partial charge in [0.25, 0.3) is 5.91 Å². The van der Waals surface area contributed by atoms with Crippen molar-refractivity contribution in [2.45, 2.75) is 47.7 Å². The SMILES string of the molecule is CCc1cccc(CNC[C@H](O)[C@H](Cc2cc(F)cc(F)c2)NC(=O)c2c(SC)nsc2SC)c1. The number of nitrogens with zero attached hydrogens (tertiary/aromatic N) is 1. The van der Waals surface area contributed by atoms with E-state index in [0.717, 1.165) is 22.3 Å². The van der Waals surface area contributed by atoms with Crippen LogP contribution in [0.1, 0.15) is 34.0 Å². The molecule has 0 unspecified atom stereocenters. The summed E-state index contributed by atoms with van der Waals surface area (Å²) < 4.78 is 32.7. The lowest BCUT2D eigenvalue weighted by atomic mass is 10.00. The molecule has 0 bridgehead atoms. The molecule has 5 nitrogen and oxygen atoms in total. The number of nitrogens with one attached hydrogen (secondary N) is 2. The predicted octanol–water partition coefficient (Wildman–Crippen LogP) is 4.92. The smallest absolute Gasteiger partial charge is 0.256 e.